The summed E-state index contributed by atoms with van der Waals surface area (Å²) in [6.07, 6.45) is 14.4. The van der Waals surface area contributed by atoms with Crippen LogP contribution >= 0.6 is 0 Å². The Labute approximate surface area is 116 Å². The molecule has 0 unspecified atom stereocenters. The van der Waals surface area contributed by atoms with Crippen LogP contribution in [-0.4, -0.2) is 18.1 Å². The Morgan fingerprint density at radius 1 is 1.20 bits per heavy atom. The topological polar surface area (TPSA) is 49.1 Å². The molecule has 5 heteroatoms. The van der Waals surface area contributed by atoms with Crippen LogP contribution in [0.5, 0.6) is 0 Å². The summed E-state index contributed by atoms with van der Waals surface area (Å²) < 4.78 is 13.2. The zero-order valence-electron chi connectivity index (χ0n) is 10.8. The molecule has 0 bridgehead atoms. The van der Waals surface area contributed by atoms with E-state index in [1.54, 1.807) is 18.5 Å². The number of aliphatic imine (C=N–C) groups is 1. The number of hydrogen-bond donors (Lipinski definition) is 1. The van der Waals surface area contributed by atoms with Gasteiger partial charge in [0.05, 0.1) is 6.21 Å². The van der Waals surface area contributed by atoms with E-state index in [2.05, 4.69) is 32.4 Å². The molecule has 0 aromatic heterocycles. The van der Waals surface area contributed by atoms with E-state index in [1.165, 1.54) is 12.2 Å². The standard InChI is InChI=1S/C15H13FN4/c16-13-4-3-9-17-11-8-15(20-19-12-13)7-6-14-5-1-2-10-18-14/h3-5,8-12,17H,1-2H2/b9-3+,11-8-,13-4+,19-12-,20-15-. The summed E-state index contributed by atoms with van der Waals surface area (Å²) in [5, 5.41) is 10.4. The van der Waals surface area contributed by atoms with Gasteiger partial charge in [0.25, 0.3) is 0 Å². The molecule has 0 atom stereocenters. The van der Waals surface area contributed by atoms with Gasteiger partial charge in [-0.3, -0.25) is 4.99 Å². The van der Waals surface area contributed by atoms with Gasteiger partial charge in [0.15, 0.2) is 0 Å². The van der Waals surface area contributed by atoms with Gasteiger partial charge in [-0.05, 0) is 49.0 Å². The molecule has 0 saturated heterocycles. The van der Waals surface area contributed by atoms with Crippen LogP contribution in [-0.2, 0) is 0 Å². The average Bonchev–Trinajstić information content (AvgIpc) is 2.52. The molecular weight excluding hydrogens is 255 g/mol. The minimum atomic E-state index is -0.486. The van der Waals surface area contributed by atoms with Crippen LogP contribution < -0.4 is 5.32 Å². The molecule has 0 fully saturated rings. The van der Waals surface area contributed by atoms with Crippen LogP contribution in [0.2, 0.25) is 0 Å². The normalized spacial score (nSPS) is 27.9. The Balaban J connectivity index is 2.18. The van der Waals surface area contributed by atoms with Crippen molar-refractivity contribution in [3.63, 3.8) is 0 Å². The lowest BCUT2D eigenvalue weighted by Gasteiger charge is -1.97. The van der Waals surface area contributed by atoms with E-state index in [0.29, 0.717) is 11.4 Å². The van der Waals surface area contributed by atoms with Crippen molar-refractivity contribution >= 4 is 18.1 Å². The lowest BCUT2D eigenvalue weighted by Crippen LogP contribution is -1.95. The molecule has 2 aliphatic rings. The van der Waals surface area contributed by atoms with Crippen LogP contribution in [0.4, 0.5) is 4.39 Å². The van der Waals surface area contributed by atoms with E-state index in [0.717, 1.165) is 19.1 Å². The maximum Gasteiger partial charge on any atom is 0.143 e. The van der Waals surface area contributed by atoms with Crippen molar-refractivity contribution in [1.29, 1.82) is 0 Å². The van der Waals surface area contributed by atoms with Crippen LogP contribution in [0, 0.1) is 11.8 Å². The van der Waals surface area contributed by atoms with Crippen molar-refractivity contribution in [3.05, 3.63) is 48.2 Å². The predicted molar refractivity (Wildman–Crippen MR) is 80.1 cm³/mol. The average molecular weight is 268 g/mol. The Morgan fingerprint density at radius 2 is 2.15 bits per heavy atom. The van der Waals surface area contributed by atoms with Gasteiger partial charge < -0.3 is 5.32 Å². The fourth-order valence-corrected chi connectivity index (χ4v) is 1.39. The predicted octanol–water partition coefficient (Wildman–Crippen LogP) is 2.65. The fraction of sp³-hybridized carbons (Fsp3) is 0.133. The van der Waals surface area contributed by atoms with Gasteiger partial charge >= 0.3 is 0 Å². The monoisotopic (exact) mass is 268 g/mol. The molecule has 1 N–H and O–H groups in total. The number of rotatable bonds is 0. The van der Waals surface area contributed by atoms with E-state index in [1.807, 2.05) is 12.3 Å². The van der Waals surface area contributed by atoms with E-state index in [-0.39, 0.29) is 0 Å². The van der Waals surface area contributed by atoms with Crippen LogP contribution in [0.25, 0.3) is 0 Å². The van der Waals surface area contributed by atoms with E-state index >= 15 is 0 Å². The lowest BCUT2D eigenvalue weighted by molar-refractivity contribution is 0.685. The summed E-state index contributed by atoms with van der Waals surface area (Å²) in [5.74, 6) is 5.27. The summed E-state index contributed by atoms with van der Waals surface area (Å²) in [6, 6.07) is 0. The first-order valence-corrected chi connectivity index (χ1v) is 6.15. The number of hydrogen-bond acceptors (Lipinski definition) is 4. The number of halogens is 1. The molecule has 20 heavy (non-hydrogen) atoms. The highest BCUT2D eigenvalue weighted by atomic mass is 19.1. The number of allylic oxidation sites excluding steroid dienone is 6. The van der Waals surface area contributed by atoms with Crippen molar-refractivity contribution in [3.8, 4) is 11.8 Å². The lowest BCUT2D eigenvalue weighted by atomic mass is 10.2. The number of nitrogens with zero attached hydrogens (tertiary/aromatic N) is 3. The highest BCUT2D eigenvalue weighted by molar-refractivity contribution is 6.09. The van der Waals surface area contributed by atoms with Gasteiger partial charge in [0.2, 0.25) is 0 Å². The molecule has 0 aromatic rings. The minimum Gasteiger partial charge on any atom is -0.368 e. The third-order valence-electron chi connectivity index (χ3n) is 2.31. The minimum absolute atomic E-state index is 0.415. The molecule has 2 aliphatic heterocycles. The molecule has 0 radical (unpaired) electrons. The van der Waals surface area contributed by atoms with Crippen molar-refractivity contribution in [2.24, 2.45) is 15.2 Å². The first-order valence-electron chi connectivity index (χ1n) is 6.15. The zero-order valence-corrected chi connectivity index (χ0v) is 10.8. The maximum absolute atomic E-state index is 13.2. The maximum atomic E-state index is 13.2. The summed E-state index contributed by atoms with van der Waals surface area (Å²) in [6.45, 7) is 0. The van der Waals surface area contributed by atoms with Gasteiger partial charge in [-0.2, -0.15) is 5.10 Å². The van der Waals surface area contributed by atoms with Crippen LogP contribution in [0.3, 0.4) is 0 Å². The van der Waals surface area contributed by atoms with Gasteiger partial charge in [-0.15, -0.1) is 5.10 Å². The highest BCUT2D eigenvalue weighted by Gasteiger charge is 1.94. The van der Waals surface area contributed by atoms with Crippen LogP contribution in [0.15, 0.2) is 63.4 Å². The van der Waals surface area contributed by atoms with Gasteiger partial charge in [-0.1, -0.05) is 0 Å². The Kier molecular flexibility index (Phi) is 5.23. The quantitative estimate of drug-likeness (QED) is 0.675. The fourth-order valence-electron chi connectivity index (χ4n) is 1.39. The number of nitrogens with one attached hydrogen (secondary N) is 1. The summed E-state index contributed by atoms with van der Waals surface area (Å²) in [4.78, 5) is 4.17. The third-order valence-corrected chi connectivity index (χ3v) is 2.31. The highest BCUT2D eigenvalue weighted by Crippen LogP contribution is 2.04. The van der Waals surface area contributed by atoms with Crippen LogP contribution in [0.1, 0.15) is 12.8 Å². The molecule has 2 rings (SSSR count). The first-order chi connectivity index (χ1) is 9.84. The smallest absolute Gasteiger partial charge is 0.143 e. The second kappa shape index (κ2) is 7.64. The first kappa shape index (κ1) is 13.7. The Hall–Kier alpha value is -2.74. The molecular formula is C15H13FN4. The molecule has 0 saturated carbocycles. The Bertz CT molecular complexity index is 622. The summed E-state index contributed by atoms with van der Waals surface area (Å²) >= 11 is 0. The Morgan fingerprint density at radius 3 is 3.00 bits per heavy atom. The van der Waals surface area contributed by atoms with E-state index < -0.39 is 5.83 Å². The van der Waals surface area contributed by atoms with Gasteiger partial charge in [-0.25, -0.2) is 4.39 Å². The van der Waals surface area contributed by atoms with Crippen molar-refractivity contribution in [1.82, 2.24) is 5.32 Å². The molecule has 0 aliphatic carbocycles. The molecule has 4 nitrogen and oxygen atoms in total. The second-order valence-electron chi connectivity index (χ2n) is 3.87. The second-order valence-corrected chi connectivity index (χ2v) is 3.87. The zero-order chi connectivity index (χ0) is 14.0. The molecule has 0 aromatic carbocycles. The summed E-state index contributed by atoms with van der Waals surface area (Å²) in [7, 11) is 0. The van der Waals surface area contributed by atoms with Gasteiger partial charge in [0, 0.05) is 18.6 Å². The molecule has 0 spiro atoms. The SMILES string of the molecule is FC1=C/C=C/N/C=C\C(C#CC2=CCCC=N2)=N/N=C\1. The largest absolute Gasteiger partial charge is 0.368 e. The molecule has 2 heterocycles. The van der Waals surface area contributed by atoms with Crippen molar-refractivity contribution in [2.45, 2.75) is 12.8 Å². The molecule has 100 valence electrons. The molecule has 0 amide bonds. The van der Waals surface area contributed by atoms with E-state index in [9.17, 15) is 4.39 Å². The van der Waals surface area contributed by atoms with Crippen molar-refractivity contribution in [2.75, 3.05) is 0 Å². The van der Waals surface area contributed by atoms with Gasteiger partial charge in [0.1, 0.15) is 17.2 Å². The van der Waals surface area contributed by atoms with Crippen molar-refractivity contribution < 1.29 is 4.39 Å². The van der Waals surface area contributed by atoms with E-state index in [4.69, 9.17) is 0 Å². The third kappa shape index (κ3) is 4.86. The summed E-state index contributed by atoms with van der Waals surface area (Å²) in [5.41, 5.74) is 1.13.